The first-order valence-corrected chi connectivity index (χ1v) is 9.97. The Bertz CT molecular complexity index is 944. The largest absolute Gasteiger partial charge is 0.369 e. The topological polar surface area (TPSA) is 61.3 Å². The maximum absolute atomic E-state index is 5.79. The molecule has 25 heavy (non-hydrogen) atoms. The molecule has 0 aliphatic carbocycles. The molecule has 0 radical (unpaired) electrons. The first kappa shape index (κ1) is 16.8. The fraction of sp³-hybridized carbons (Fsp3) is 0.222. The molecule has 0 atom stereocenters. The predicted octanol–water partition coefficient (Wildman–Crippen LogP) is 5.48. The zero-order chi connectivity index (χ0) is 17.2. The highest BCUT2D eigenvalue weighted by atomic mass is 79.9. The maximum Gasteiger partial charge on any atom is 0.167 e. The molecule has 0 unspecified atom stereocenters. The molecule has 0 saturated carbocycles. The Balaban J connectivity index is 1.47. The van der Waals surface area contributed by atoms with E-state index in [0.29, 0.717) is 13.2 Å². The number of ether oxygens (including phenoxy) is 1. The number of hydrogen-bond donors (Lipinski definition) is 0. The molecular weight excluding hydrogens is 452 g/mol. The zero-order valence-corrected chi connectivity index (χ0v) is 16.3. The Morgan fingerprint density at radius 2 is 1.24 bits per heavy atom. The van der Waals surface area contributed by atoms with E-state index in [1.54, 1.807) is 0 Å². The van der Waals surface area contributed by atoms with Gasteiger partial charge >= 0.3 is 0 Å². The van der Waals surface area contributed by atoms with Crippen molar-refractivity contribution < 1.29 is 13.8 Å². The van der Waals surface area contributed by atoms with E-state index in [1.165, 1.54) is 0 Å². The molecule has 0 fully saturated rings. The molecule has 0 aliphatic rings. The van der Waals surface area contributed by atoms with Gasteiger partial charge in [-0.15, -0.1) is 0 Å². The quantitative estimate of drug-likeness (QED) is 0.353. The summed E-state index contributed by atoms with van der Waals surface area (Å²) in [5.41, 5.74) is 5.39. The van der Waals surface area contributed by atoms with Gasteiger partial charge in [0.15, 0.2) is 11.2 Å². The number of halogens is 2. The highest BCUT2D eigenvalue weighted by molar-refractivity contribution is 9.08. The molecule has 5 nitrogen and oxygen atoms in total. The van der Waals surface area contributed by atoms with Gasteiger partial charge in [0.05, 0.1) is 13.2 Å². The summed E-state index contributed by atoms with van der Waals surface area (Å²) < 4.78 is 16.6. The monoisotopic (exact) mass is 464 g/mol. The Hall–Kier alpha value is -1.70. The Kier molecular flexibility index (Phi) is 4.87. The number of aromatic nitrogens is 2. The van der Waals surface area contributed by atoms with Gasteiger partial charge in [-0.05, 0) is 35.4 Å². The van der Waals surface area contributed by atoms with Crippen LogP contribution in [0.25, 0.3) is 21.9 Å². The van der Waals surface area contributed by atoms with Crippen molar-refractivity contribution >= 4 is 53.8 Å². The van der Waals surface area contributed by atoms with Gasteiger partial charge in [0, 0.05) is 21.4 Å². The van der Waals surface area contributed by atoms with Crippen molar-refractivity contribution in [3.05, 3.63) is 58.9 Å². The molecule has 7 heteroatoms. The van der Waals surface area contributed by atoms with E-state index in [1.807, 2.05) is 36.4 Å². The Morgan fingerprint density at radius 1 is 0.760 bits per heavy atom. The smallest absolute Gasteiger partial charge is 0.167 e. The zero-order valence-electron chi connectivity index (χ0n) is 13.2. The van der Waals surface area contributed by atoms with Gasteiger partial charge in [-0.1, -0.05) is 54.3 Å². The molecule has 2 aromatic carbocycles. The van der Waals surface area contributed by atoms with Crippen molar-refractivity contribution in [3.63, 3.8) is 0 Å². The fourth-order valence-electron chi connectivity index (χ4n) is 2.69. The number of alkyl halides is 2. The lowest BCUT2D eigenvalue weighted by Gasteiger charge is -2.00. The minimum absolute atomic E-state index is 0.356. The fourth-order valence-corrected chi connectivity index (χ4v) is 3.38. The van der Waals surface area contributed by atoms with Gasteiger partial charge in [0.1, 0.15) is 11.4 Å². The number of rotatable bonds is 6. The number of nitrogens with zero attached hydrogens (tertiary/aromatic N) is 2. The molecular formula is C18H14Br2N2O3. The van der Waals surface area contributed by atoms with Crippen LogP contribution < -0.4 is 0 Å². The van der Waals surface area contributed by atoms with E-state index in [9.17, 15) is 0 Å². The second-order valence-corrected chi connectivity index (χ2v) is 6.80. The third kappa shape index (κ3) is 3.36. The molecule has 0 spiro atoms. The van der Waals surface area contributed by atoms with Crippen LogP contribution in [0, 0.1) is 0 Å². The minimum atomic E-state index is 0.356. The summed E-state index contributed by atoms with van der Waals surface area (Å²) in [7, 11) is 0. The summed E-state index contributed by atoms with van der Waals surface area (Å²) in [5.74, 6) is 0. The second-order valence-electron chi connectivity index (χ2n) is 5.68. The molecule has 128 valence electrons. The summed E-state index contributed by atoms with van der Waals surface area (Å²) in [6, 6.07) is 12.1. The standard InChI is InChI=1S/C18H14Br2N2O3/c19-7-11-1-3-13-15(21-24-17(13)5-11)9-23-10-16-14-4-2-12(8-20)6-18(14)25-22-16/h1-6H,7-10H2. The molecule has 0 N–H and O–H groups in total. The molecule has 4 rings (SSSR count). The van der Waals surface area contributed by atoms with Crippen molar-refractivity contribution in [2.45, 2.75) is 23.9 Å². The summed E-state index contributed by atoms with van der Waals surface area (Å²) >= 11 is 6.87. The molecule has 0 amide bonds. The van der Waals surface area contributed by atoms with Crippen LogP contribution in [0.1, 0.15) is 22.5 Å². The summed E-state index contributed by atoms with van der Waals surface area (Å²) in [5, 5.41) is 11.7. The lowest BCUT2D eigenvalue weighted by Crippen LogP contribution is -1.95. The SMILES string of the molecule is BrCc1ccc2c(COCc3noc4cc(CBr)ccc34)noc2c1. The summed E-state index contributed by atoms with van der Waals surface area (Å²) in [6.45, 7) is 0.711. The van der Waals surface area contributed by atoms with Crippen molar-refractivity contribution in [2.75, 3.05) is 0 Å². The van der Waals surface area contributed by atoms with Crippen molar-refractivity contribution in [1.29, 1.82) is 0 Å². The number of benzene rings is 2. The summed E-state index contributed by atoms with van der Waals surface area (Å²) in [4.78, 5) is 0. The lowest BCUT2D eigenvalue weighted by molar-refractivity contribution is 0.0990. The van der Waals surface area contributed by atoms with Crippen LogP contribution in [0.2, 0.25) is 0 Å². The van der Waals surface area contributed by atoms with E-state index in [2.05, 4.69) is 42.2 Å². The number of fused-ring (bicyclic) bond motifs is 2. The Labute approximate surface area is 160 Å². The summed E-state index contributed by atoms with van der Waals surface area (Å²) in [6.07, 6.45) is 0. The van der Waals surface area contributed by atoms with Gasteiger partial charge in [0.2, 0.25) is 0 Å². The van der Waals surface area contributed by atoms with Crippen LogP contribution in [0.5, 0.6) is 0 Å². The first-order valence-electron chi connectivity index (χ1n) is 7.72. The average Bonchev–Trinajstić information content (AvgIpc) is 3.25. The van der Waals surface area contributed by atoms with Gasteiger partial charge < -0.3 is 13.8 Å². The molecule has 0 aliphatic heterocycles. The van der Waals surface area contributed by atoms with Crippen LogP contribution in [0.4, 0.5) is 0 Å². The van der Waals surface area contributed by atoms with Gasteiger partial charge in [-0.25, -0.2) is 0 Å². The molecule has 0 saturated heterocycles. The molecule has 2 aromatic heterocycles. The van der Waals surface area contributed by atoms with E-state index in [4.69, 9.17) is 13.8 Å². The number of hydrogen-bond acceptors (Lipinski definition) is 5. The predicted molar refractivity (Wildman–Crippen MR) is 102 cm³/mol. The van der Waals surface area contributed by atoms with E-state index in [0.717, 1.165) is 55.1 Å². The highest BCUT2D eigenvalue weighted by Gasteiger charge is 2.12. The van der Waals surface area contributed by atoms with Crippen LogP contribution >= 0.6 is 31.9 Å². The van der Waals surface area contributed by atoms with Crippen molar-refractivity contribution in [3.8, 4) is 0 Å². The minimum Gasteiger partial charge on any atom is -0.369 e. The maximum atomic E-state index is 5.79. The van der Waals surface area contributed by atoms with Gasteiger partial charge in [-0.3, -0.25) is 0 Å². The van der Waals surface area contributed by atoms with E-state index in [-0.39, 0.29) is 0 Å². The van der Waals surface area contributed by atoms with Crippen molar-refractivity contribution in [2.24, 2.45) is 0 Å². The van der Waals surface area contributed by atoms with Crippen LogP contribution in [-0.2, 0) is 28.6 Å². The average molecular weight is 466 g/mol. The highest BCUT2D eigenvalue weighted by Crippen LogP contribution is 2.24. The first-order chi connectivity index (χ1) is 12.3. The Morgan fingerprint density at radius 3 is 1.68 bits per heavy atom. The third-order valence-electron chi connectivity index (χ3n) is 4.01. The molecule has 4 aromatic rings. The van der Waals surface area contributed by atoms with E-state index >= 15 is 0 Å². The molecule has 2 heterocycles. The second kappa shape index (κ2) is 7.27. The van der Waals surface area contributed by atoms with Gasteiger partial charge in [-0.2, -0.15) is 0 Å². The van der Waals surface area contributed by atoms with Crippen molar-refractivity contribution in [1.82, 2.24) is 10.3 Å². The van der Waals surface area contributed by atoms with Crippen LogP contribution in [-0.4, -0.2) is 10.3 Å². The van der Waals surface area contributed by atoms with Crippen LogP contribution in [0.15, 0.2) is 45.4 Å². The lowest BCUT2D eigenvalue weighted by atomic mass is 10.1. The molecule has 0 bridgehead atoms. The third-order valence-corrected chi connectivity index (χ3v) is 5.30. The van der Waals surface area contributed by atoms with Gasteiger partial charge in [0.25, 0.3) is 0 Å². The normalized spacial score (nSPS) is 11.6. The van der Waals surface area contributed by atoms with E-state index < -0.39 is 0 Å². The van der Waals surface area contributed by atoms with Crippen LogP contribution in [0.3, 0.4) is 0 Å².